The van der Waals surface area contributed by atoms with E-state index in [1.165, 1.54) is 6.07 Å². The number of rotatable bonds is 2. The van der Waals surface area contributed by atoms with Crippen molar-refractivity contribution in [3.63, 3.8) is 0 Å². The van der Waals surface area contributed by atoms with Crippen molar-refractivity contribution in [3.05, 3.63) is 29.3 Å². The predicted octanol–water partition coefficient (Wildman–Crippen LogP) is 1.57. The normalized spacial score (nSPS) is 23.7. The van der Waals surface area contributed by atoms with Crippen LogP contribution in [0.15, 0.2) is 18.2 Å². The van der Waals surface area contributed by atoms with Gasteiger partial charge in [0.1, 0.15) is 5.75 Å². The third-order valence-corrected chi connectivity index (χ3v) is 3.47. The van der Waals surface area contributed by atoms with Crippen molar-refractivity contribution < 1.29 is 9.90 Å². The predicted molar refractivity (Wildman–Crippen MR) is 70.8 cm³/mol. The summed E-state index contributed by atoms with van der Waals surface area (Å²) in [4.78, 5) is 12.0. The van der Waals surface area contributed by atoms with Crippen molar-refractivity contribution in [1.29, 1.82) is 0 Å². The maximum Gasteiger partial charge on any atom is 0.251 e. The molecule has 0 radical (unpaired) electrons. The summed E-state index contributed by atoms with van der Waals surface area (Å²) < 4.78 is 0. The minimum Gasteiger partial charge on any atom is -0.508 e. The molecule has 1 aliphatic rings. The molecule has 1 amide bonds. The molecular formula is C14H20N2O2. The van der Waals surface area contributed by atoms with Gasteiger partial charge in [-0.05, 0) is 44.4 Å². The van der Waals surface area contributed by atoms with Gasteiger partial charge in [-0.25, -0.2) is 0 Å². The molecular weight excluding hydrogens is 228 g/mol. The lowest BCUT2D eigenvalue weighted by molar-refractivity contribution is 0.0927. The Labute approximate surface area is 107 Å². The quantitative estimate of drug-likeness (QED) is 0.744. The number of aromatic hydroxyl groups is 1. The topological polar surface area (TPSA) is 61.4 Å². The molecule has 98 valence electrons. The van der Waals surface area contributed by atoms with E-state index in [0.717, 1.165) is 24.9 Å². The summed E-state index contributed by atoms with van der Waals surface area (Å²) in [6.45, 7) is 4.77. The van der Waals surface area contributed by atoms with Crippen LogP contribution in [-0.2, 0) is 0 Å². The van der Waals surface area contributed by atoms with Gasteiger partial charge in [-0.3, -0.25) is 4.79 Å². The van der Waals surface area contributed by atoms with E-state index < -0.39 is 0 Å². The molecule has 18 heavy (non-hydrogen) atoms. The first-order valence-corrected chi connectivity index (χ1v) is 6.40. The Bertz CT molecular complexity index is 437. The van der Waals surface area contributed by atoms with Gasteiger partial charge in [0.25, 0.3) is 5.91 Å². The van der Waals surface area contributed by atoms with Gasteiger partial charge in [-0.15, -0.1) is 0 Å². The van der Waals surface area contributed by atoms with E-state index in [1.54, 1.807) is 12.1 Å². The van der Waals surface area contributed by atoms with Crippen LogP contribution in [0.5, 0.6) is 5.75 Å². The maximum atomic E-state index is 12.0. The summed E-state index contributed by atoms with van der Waals surface area (Å²) in [5, 5.41) is 15.9. The summed E-state index contributed by atoms with van der Waals surface area (Å²) in [5.74, 6) is 0.0460. The van der Waals surface area contributed by atoms with Crippen LogP contribution in [-0.4, -0.2) is 29.6 Å². The monoisotopic (exact) mass is 248 g/mol. The zero-order valence-electron chi connectivity index (χ0n) is 10.9. The fourth-order valence-corrected chi connectivity index (χ4v) is 2.14. The Morgan fingerprint density at radius 3 is 2.83 bits per heavy atom. The maximum absolute atomic E-state index is 12.0. The van der Waals surface area contributed by atoms with E-state index in [9.17, 15) is 9.90 Å². The molecule has 0 aromatic heterocycles. The summed E-state index contributed by atoms with van der Waals surface area (Å²) in [5.41, 5.74) is 1.29. The van der Waals surface area contributed by atoms with E-state index in [0.29, 0.717) is 11.6 Å². The van der Waals surface area contributed by atoms with Crippen molar-refractivity contribution in [1.82, 2.24) is 10.6 Å². The van der Waals surface area contributed by atoms with Crippen molar-refractivity contribution in [2.75, 3.05) is 6.54 Å². The fraction of sp³-hybridized carbons (Fsp3) is 0.500. The van der Waals surface area contributed by atoms with Gasteiger partial charge in [-0.2, -0.15) is 0 Å². The highest BCUT2D eigenvalue weighted by Crippen LogP contribution is 2.17. The summed E-state index contributed by atoms with van der Waals surface area (Å²) in [6, 6.07) is 5.72. The molecule has 3 N–H and O–H groups in total. The lowest BCUT2D eigenvalue weighted by Crippen LogP contribution is -2.48. The Balaban J connectivity index is 1.97. The zero-order valence-corrected chi connectivity index (χ0v) is 10.9. The molecule has 1 aliphatic heterocycles. The lowest BCUT2D eigenvalue weighted by Gasteiger charge is -2.28. The second-order valence-corrected chi connectivity index (χ2v) is 5.06. The average Bonchev–Trinajstić information content (AvgIpc) is 2.35. The molecule has 1 aromatic carbocycles. The molecule has 0 aliphatic carbocycles. The first-order chi connectivity index (χ1) is 8.56. The van der Waals surface area contributed by atoms with E-state index >= 15 is 0 Å². The number of amides is 1. The molecule has 0 bridgehead atoms. The Morgan fingerprint density at radius 2 is 2.22 bits per heavy atom. The number of carbonyl (C=O) groups is 1. The summed E-state index contributed by atoms with van der Waals surface area (Å²) >= 11 is 0. The van der Waals surface area contributed by atoms with Crippen LogP contribution in [0, 0.1) is 6.92 Å². The Morgan fingerprint density at radius 1 is 1.44 bits per heavy atom. The van der Waals surface area contributed by atoms with E-state index in [4.69, 9.17) is 0 Å². The molecule has 0 saturated carbocycles. The highest BCUT2D eigenvalue weighted by atomic mass is 16.3. The van der Waals surface area contributed by atoms with Crippen molar-refractivity contribution in [2.24, 2.45) is 0 Å². The minimum absolute atomic E-state index is 0.119. The van der Waals surface area contributed by atoms with Gasteiger partial charge < -0.3 is 15.7 Å². The molecule has 0 spiro atoms. The second-order valence-electron chi connectivity index (χ2n) is 5.06. The molecule has 2 atom stereocenters. The Kier molecular flexibility index (Phi) is 3.87. The van der Waals surface area contributed by atoms with Crippen LogP contribution in [0.3, 0.4) is 0 Å². The van der Waals surface area contributed by atoms with Crippen LogP contribution >= 0.6 is 0 Å². The van der Waals surface area contributed by atoms with Crippen molar-refractivity contribution >= 4 is 5.91 Å². The molecule has 4 nitrogen and oxygen atoms in total. The largest absolute Gasteiger partial charge is 0.508 e. The van der Waals surface area contributed by atoms with Gasteiger partial charge in [-0.1, -0.05) is 6.07 Å². The van der Waals surface area contributed by atoms with Gasteiger partial charge in [0.05, 0.1) is 0 Å². The second kappa shape index (κ2) is 5.40. The minimum atomic E-state index is -0.119. The number of benzene rings is 1. The zero-order chi connectivity index (χ0) is 13.1. The smallest absolute Gasteiger partial charge is 0.251 e. The molecule has 1 fully saturated rings. The molecule has 2 unspecified atom stereocenters. The first kappa shape index (κ1) is 12.9. The van der Waals surface area contributed by atoms with Crippen LogP contribution < -0.4 is 10.6 Å². The van der Waals surface area contributed by atoms with Crippen LogP contribution in [0.25, 0.3) is 0 Å². The molecule has 1 heterocycles. The SMILES string of the molecule is Cc1ccc(C(=O)NC2CCC(C)NC2)cc1O. The van der Waals surface area contributed by atoms with Crippen LogP contribution in [0.2, 0.25) is 0 Å². The van der Waals surface area contributed by atoms with E-state index in [1.807, 2.05) is 6.92 Å². The highest BCUT2D eigenvalue weighted by molar-refractivity contribution is 5.94. The third-order valence-electron chi connectivity index (χ3n) is 3.47. The number of phenols is 1. The van der Waals surface area contributed by atoms with Gasteiger partial charge >= 0.3 is 0 Å². The highest BCUT2D eigenvalue weighted by Gasteiger charge is 2.19. The third kappa shape index (κ3) is 3.01. The van der Waals surface area contributed by atoms with Crippen molar-refractivity contribution in [3.8, 4) is 5.75 Å². The van der Waals surface area contributed by atoms with Crippen LogP contribution in [0.4, 0.5) is 0 Å². The van der Waals surface area contributed by atoms with Gasteiger partial charge in [0, 0.05) is 24.2 Å². The number of aryl methyl sites for hydroxylation is 1. The first-order valence-electron chi connectivity index (χ1n) is 6.40. The number of piperidine rings is 1. The summed E-state index contributed by atoms with van der Waals surface area (Å²) in [6.07, 6.45) is 2.07. The molecule has 2 rings (SSSR count). The standard InChI is InChI=1S/C14H20N2O2/c1-9-3-5-11(7-13(9)17)14(18)16-12-6-4-10(2)15-8-12/h3,5,7,10,12,15,17H,4,6,8H2,1-2H3,(H,16,18). The molecule has 1 saturated heterocycles. The van der Waals surface area contributed by atoms with E-state index in [2.05, 4.69) is 17.6 Å². The van der Waals surface area contributed by atoms with E-state index in [-0.39, 0.29) is 17.7 Å². The van der Waals surface area contributed by atoms with Gasteiger partial charge in [0.2, 0.25) is 0 Å². The molecule has 4 heteroatoms. The number of nitrogens with one attached hydrogen (secondary N) is 2. The van der Waals surface area contributed by atoms with Gasteiger partial charge in [0.15, 0.2) is 0 Å². The Hall–Kier alpha value is -1.55. The number of carbonyl (C=O) groups excluding carboxylic acids is 1. The number of hydrogen-bond acceptors (Lipinski definition) is 3. The lowest BCUT2D eigenvalue weighted by atomic mass is 10.0. The van der Waals surface area contributed by atoms with Crippen LogP contribution in [0.1, 0.15) is 35.7 Å². The fourth-order valence-electron chi connectivity index (χ4n) is 2.14. The summed E-state index contributed by atoms with van der Waals surface area (Å²) in [7, 11) is 0. The number of phenolic OH excluding ortho intramolecular Hbond substituents is 1. The molecule has 1 aromatic rings. The van der Waals surface area contributed by atoms with Crippen molar-refractivity contribution in [2.45, 2.75) is 38.8 Å². The number of hydrogen-bond donors (Lipinski definition) is 3. The average molecular weight is 248 g/mol.